The van der Waals surface area contributed by atoms with Gasteiger partial charge in [-0.3, -0.25) is 4.79 Å². The number of hydrogen-bond donors (Lipinski definition) is 2. The monoisotopic (exact) mass is 236 g/mol. The van der Waals surface area contributed by atoms with Gasteiger partial charge in [0.1, 0.15) is 5.75 Å². The van der Waals surface area contributed by atoms with Gasteiger partial charge < -0.3 is 20.5 Å². The van der Waals surface area contributed by atoms with Gasteiger partial charge >= 0.3 is 0 Å². The topological polar surface area (TPSA) is 75.8 Å². The number of carbonyl (C=O) groups excluding carboxylic acids is 1. The smallest absolute Gasteiger partial charge is 0.257 e. The number of nitrogens with two attached hydrogens (primary N) is 1. The van der Waals surface area contributed by atoms with Crippen LogP contribution in [0.1, 0.15) is 17.3 Å². The number of hydrogen-bond acceptors (Lipinski definition) is 4. The molecule has 0 aromatic heterocycles. The largest absolute Gasteiger partial charge is 0.496 e. The molecule has 17 heavy (non-hydrogen) atoms. The summed E-state index contributed by atoms with van der Waals surface area (Å²) in [5.74, 6) is 0.315. The molecule has 1 aliphatic rings. The number of nitrogens with zero attached hydrogens (tertiary/aromatic N) is 1. The first kappa shape index (κ1) is 11.7. The van der Waals surface area contributed by atoms with Gasteiger partial charge in [0.15, 0.2) is 0 Å². The van der Waals surface area contributed by atoms with Crippen molar-refractivity contribution in [2.24, 2.45) is 0 Å². The summed E-state index contributed by atoms with van der Waals surface area (Å²) in [4.78, 5) is 13.7. The van der Waals surface area contributed by atoms with Crippen molar-refractivity contribution in [2.75, 3.05) is 25.9 Å². The van der Waals surface area contributed by atoms with Crippen molar-refractivity contribution in [3.8, 4) is 5.75 Å². The minimum atomic E-state index is -0.767. The molecule has 92 valence electrons. The molecule has 2 rings (SSSR count). The summed E-state index contributed by atoms with van der Waals surface area (Å²) < 4.78 is 5.13. The number of anilines is 1. The summed E-state index contributed by atoms with van der Waals surface area (Å²) in [5.41, 5.74) is 5.88. The second kappa shape index (κ2) is 3.92. The molecule has 3 N–H and O–H groups in total. The van der Waals surface area contributed by atoms with Crippen molar-refractivity contribution in [1.82, 2.24) is 4.90 Å². The zero-order valence-corrected chi connectivity index (χ0v) is 9.93. The van der Waals surface area contributed by atoms with E-state index in [0.717, 1.165) is 0 Å². The van der Waals surface area contributed by atoms with Crippen LogP contribution in [-0.2, 0) is 0 Å². The average molecular weight is 236 g/mol. The fraction of sp³-hybridized carbons (Fsp3) is 0.417. The predicted molar refractivity (Wildman–Crippen MR) is 63.9 cm³/mol. The van der Waals surface area contributed by atoms with Gasteiger partial charge in [-0.2, -0.15) is 0 Å². The lowest BCUT2D eigenvalue weighted by molar-refractivity contribution is -0.0669. The zero-order valence-electron chi connectivity index (χ0n) is 9.93. The fourth-order valence-corrected chi connectivity index (χ4v) is 1.97. The normalized spacial score (nSPS) is 17.5. The number of rotatable bonds is 2. The minimum absolute atomic E-state index is 0.145. The Morgan fingerprint density at radius 1 is 1.53 bits per heavy atom. The van der Waals surface area contributed by atoms with Crippen LogP contribution in [0, 0.1) is 0 Å². The van der Waals surface area contributed by atoms with Crippen molar-refractivity contribution in [2.45, 2.75) is 12.5 Å². The molecule has 0 spiro atoms. The summed E-state index contributed by atoms with van der Waals surface area (Å²) >= 11 is 0. The van der Waals surface area contributed by atoms with Gasteiger partial charge in [0.25, 0.3) is 5.91 Å². The molecule has 1 aromatic carbocycles. The Morgan fingerprint density at radius 2 is 2.18 bits per heavy atom. The first-order chi connectivity index (χ1) is 7.93. The molecule has 0 bridgehead atoms. The third-order valence-electron chi connectivity index (χ3n) is 2.81. The Morgan fingerprint density at radius 3 is 2.71 bits per heavy atom. The lowest BCUT2D eigenvalue weighted by atomic mass is 9.95. The first-order valence-corrected chi connectivity index (χ1v) is 5.38. The maximum atomic E-state index is 12.1. The van der Waals surface area contributed by atoms with Crippen LogP contribution in [-0.4, -0.2) is 41.7 Å². The van der Waals surface area contributed by atoms with Crippen LogP contribution in [0.25, 0.3) is 0 Å². The van der Waals surface area contributed by atoms with Crippen molar-refractivity contribution >= 4 is 11.6 Å². The van der Waals surface area contributed by atoms with E-state index in [4.69, 9.17) is 10.5 Å². The number of ether oxygens (including phenoxy) is 1. The Hall–Kier alpha value is -1.75. The van der Waals surface area contributed by atoms with Gasteiger partial charge in [-0.1, -0.05) is 0 Å². The van der Waals surface area contributed by atoms with Crippen molar-refractivity contribution in [3.63, 3.8) is 0 Å². The number of β-amino-alcohol motifs (C(OH)–C–C–N with tert-alkyl or cyclic N) is 1. The summed E-state index contributed by atoms with van der Waals surface area (Å²) in [6, 6.07) is 4.92. The van der Waals surface area contributed by atoms with Crippen LogP contribution < -0.4 is 10.5 Å². The van der Waals surface area contributed by atoms with E-state index in [0.29, 0.717) is 30.1 Å². The van der Waals surface area contributed by atoms with Gasteiger partial charge in [0.05, 0.1) is 31.4 Å². The first-order valence-electron chi connectivity index (χ1n) is 5.38. The zero-order chi connectivity index (χ0) is 12.6. The van der Waals surface area contributed by atoms with Crippen LogP contribution in [0.5, 0.6) is 5.75 Å². The highest BCUT2D eigenvalue weighted by Crippen LogP contribution is 2.27. The van der Waals surface area contributed by atoms with Crippen LogP contribution in [0.3, 0.4) is 0 Å². The molecule has 1 saturated heterocycles. The van der Waals surface area contributed by atoms with E-state index in [9.17, 15) is 9.90 Å². The molecular weight excluding hydrogens is 220 g/mol. The van der Waals surface area contributed by atoms with Crippen LogP contribution in [0.2, 0.25) is 0 Å². The Kier molecular flexibility index (Phi) is 2.71. The molecule has 1 heterocycles. The summed E-state index contributed by atoms with van der Waals surface area (Å²) in [7, 11) is 1.50. The molecule has 5 nitrogen and oxygen atoms in total. The van der Waals surface area contributed by atoms with Crippen LogP contribution >= 0.6 is 0 Å². The number of benzene rings is 1. The molecule has 1 aromatic rings. The van der Waals surface area contributed by atoms with E-state index < -0.39 is 5.60 Å². The molecule has 0 aliphatic carbocycles. The lowest BCUT2D eigenvalue weighted by Gasteiger charge is -2.44. The molecule has 0 unspecified atom stereocenters. The highest BCUT2D eigenvalue weighted by Gasteiger charge is 2.40. The molecule has 5 heteroatoms. The van der Waals surface area contributed by atoms with Gasteiger partial charge in [-0.15, -0.1) is 0 Å². The molecule has 0 saturated carbocycles. The standard InChI is InChI=1S/C12H16N2O3/c1-12(16)6-14(7-12)11(15)9-4-3-8(13)5-10(9)17-2/h3-5,16H,6-7,13H2,1-2H3. The third kappa shape index (κ3) is 2.19. The maximum absolute atomic E-state index is 12.1. The Labute approximate surface area is 99.8 Å². The van der Waals surface area contributed by atoms with Crippen LogP contribution in [0.15, 0.2) is 18.2 Å². The molecule has 0 atom stereocenters. The quantitative estimate of drug-likeness (QED) is 0.732. The highest BCUT2D eigenvalue weighted by atomic mass is 16.5. The van der Waals surface area contributed by atoms with Crippen molar-refractivity contribution in [1.29, 1.82) is 0 Å². The number of aliphatic hydroxyl groups is 1. The minimum Gasteiger partial charge on any atom is -0.496 e. The predicted octanol–water partition coefficient (Wildman–Crippen LogP) is 0.484. The van der Waals surface area contributed by atoms with E-state index in [2.05, 4.69) is 0 Å². The van der Waals surface area contributed by atoms with E-state index in [1.807, 2.05) is 0 Å². The summed E-state index contributed by atoms with van der Waals surface area (Å²) in [6.45, 7) is 2.40. The van der Waals surface area contributed by atoms with Gasteiger partial charge in [-0.25, -0.2) is 0 Å². The van der Waals surface area contributed by atoms with Gasteiger partial charge in [-0.05, 0) is 19.1 Å². The fourth-order valence-electron chi connectivity index (χ4n) is 1.97. The highest BCUT2D eigenvalue weighted by molar-refractivity contribution is 5.98. The lowest BCUT2D eigenvalue weighted by Crippen LogP contribution is -2.61. The number of amides is 1. The number of carbonyl (C=O) groups is 1. The summed E-state index contributed by atoms with van der Waals surface area (Å²) in [6.07, 6.45) is 0. The number of likely N-dealkylation sites (tertiary alicyclic amines) is 1. The summed E-state index contributed by atoms with van der Waals surface area (Å²) in [5, 5.41) is 9.60. The third-order valence-corrected chi connectivity index (χ3v) is 2.81. The van der Waals surface area contributed by atoms with Gasteiger partial charge in [0, 0.05) is 11.8 Å². The Balaban J connectivity index is 2.20. The van der Waals surface area contributed by atoms with Crippen molar-refractivity contribution in [3.05, 3.63) is 23.8 Å². The number of nitrogen functional groups attached to an aromatic ring is 1. The maximum Gasteiger partial charge on any atom is 0.257 e. The average Bonchev–Trinajstić information content (AvgIpc) is 2.24. The second-order valence-electron chi connectivity index (χ2n) is 4.62. The molecule has 1 aliphatic heterocycles. The van der Waals surface area contributed by atoms with E-state index in [-0.39, 0.29) is 5.91 Å². The molecule has 0 radical (unpaired) electrons. The van der Waals surface area contributed by atoms with E-state index in [1.54, 1.807) is 30.0 Å². The second-order valence-corrected chi connectivity index (χ2v) is 4.62. The van der Waals surface area contributed by atoms with E-state index in [1.165, 1.54) is 7.11 Å². The molecule has 1 amide bonds. The Bertz CT molecular complexity index is 449. The van der Waals surface area contributed by atoms with E-state index >= 15 is 0 Å². The SMILES string of the molecule is COc1cc(N)ccc1C(=O)N1CC(C)(O)C1. The number of methoxy groups -OCH3 is 1. The van der Waals surface area contributed by atoms with Crippen LogP contribution in [0.4, 0.5) is 5.69 Å². The van der Waals surface area contributed by atoms with Gasteiger partial charge in [0.2, 0.25) is 0 Å². The molecular formula is C12H16N2O3. The molecule has 1 fully saturated rings. The van der Waals surface area contributed by atoms with Crippen molar-refractivity contribution < 1.29 is 14.6 Å².